The van der Waals surface area contributed by atoms with Crippen LogP contribution in [0.2, 0.25) is 0 Å². The Bertz CT molecular complexity index is 5560. The molecule has 6 heterocycles. The van der Waals surface area contributed by atoms with Crippen molar-refractivity contribution in [1.82, 2.24) is 104 Å². The minimum atomic E-state index is -2.18. The van der Waals surface area contributed by atoms with E-state index in [2.05, 4.69) is 79.1 Å². The van der Waals surface area contributed by atoms with Crippen molar-refractivity contribution in [2.75, 3.05) is 116 Å². The van der Waals surface area contributed by atoms with Crippen LogP contribution in [0, 0.1) is 11.3 Å². The van der Waals surface area contributed by atoms with E-state index in [0.717, 1.165) is 37.9 Å². The number of nitrogens with zero attached hydrogens (tertiary/aromatic N) is 5. The molecule has 4 saturated heterocycles. The lowest BCUT2D eigenvalue weighted by Gasteiger charge is -2.34. The number of amides is 15. The molecular formula is C96H132N22O24S2. The molecular weight excluding hydrogens is 1910 g/mol. The molecule has 4 aliphatic heterocycles. The second-order valence-electron chi connectivity index (χ2n) is 37.8. The first kappa shape index (κ1) is 113. The predicted octanol–water partition coefficient (Wildman–Crippen LogP) is -3.02. The topological polar surface area (TPSA) is 682 Å². The number of hydrogen-bond donors (Lipinski definition) is 22. The van der Waals surface area contributed by atoms with Crippen molar-refractivity contribution in [2.45, 2.75) is 197 Å². The van der Waals surface area contributed by atoms with Crippen molar-refractivity contribution < 1.29 is 117 Å². The molecule has 0 radical (unpaired) electrons. The quantitative estimate of drug-likeness (QED) is 0.0136. The smallest absolute Gasteiger partial charge is 0.317 e. The summed E-state index contributed by atoms with van der Waals surface area (Å²) in [4.78, 5) is 285. The third-order valence-electron chi connectivity index (χ3n) is 25.5. The molecule has 10 rings (SSSR count). The number of aromatic amines is 2. The van der Waals surface area contributed by atoms with Gasteiger partial charge in [0.25, 0.3) is 0 Å². The van der Waals surface area contributed by atoms with Gasteiger partial charge in [-0.2, -0.15) is 0 Å². The molecule has 46 nitrogen and oxygen atoms in total. The summed E-state index contributed by atoms with van der Waals surface area (Å²) >= 11 is 0. The Morgan fingerprint density at radius 3 is 1.58 bits per heavy atom. The Morgan fingerprint density at radius 2 is 1.02 bits per heavy atom. The molecule has 6 aromatic rings. The Balaban J connectivity index is 1.01. The molecule has 4 aromatic carbocycles. The van der Waals surface area contributed by atoms with E-state index < -0.39 is 253 Å². The Hall–Kier alpha value is -13.4. The Morgan fingerprint density at radius 1 is 0.514 bits per heavy atom. The number of likely N-dealkylation sites (tertiary alicyclic amines) is 1. The van der Waals surface area contributed by atoms with Crippen LogP contribution in [0.4, 0.5) is 0 Å². The minimum Gasteiger partial charge on any atom is -0.481 e. The molecule has 0 unspecified atom stereocenters. The van der Waals surface area contributed by atoms with Gasteiger partial charge in [-0.05, 0) is 122 Å². The number of carboxylic acids is 4. The highest BCUT2D eigenvalue weighted by Gasteiger charge is 2.44. The van der Waals surface area contributed by atoms with Crippen LogP contribution in [0.3, 0.4) is 0 Å². The predicted molar refractivity (Wildman–Crippen MR) is 530 cm³/mol. The number of piperidine rings is 1. The number of hydrogen-bond acceptors (Lipinski definition) is 27. The zero-order chi connectivity index (χ0) is 105. The largest absolute Gasteiger partial charge is 0.481 e. The molecule has 0 bridgehead atoms. The number of carbonyl (C=O) groups is 19. The van der Waals surface area contributed by atoms with Crippen molar-refractivity contribution in [2.24, 2.45) is 22.8 Å². The minimum absolute atomic E-state index is 0.0209. The molecule has 0 spiro atoms. The van der Waals surface area contributed by atoms with Gasteiger partial charge in [-0.15, -0.1) is 0 Å². The lowest BCUT2D eigenvalue weighted by Crippen LogP contribution is -2.64. The molecule has 144 heavy (non-hydrogen) atoms. The number of aliphatic hydroxyl groups is 1. The van der Waals surface area contributed by atoms with E-state index in [9.17, 15) is 73.5 Å². The summed E-state index contributed by atoms with van der Waals surface area (Å²) in [5.41, 5.74) is 13.3. The van der Waals surface area contributed by atoms with Crippen LogP contribution in [0.1, 0.15) is 116 Å². The fraction of sp³-hybridized carbons (Fsp3) is 0.531. The van der Waals surface area contributed by atoms with Crippen molar-refractivity contribution in [3.05, 3.63) is 120 Å². The third kappa shape index (κ3) is 34.7. The molecule has 24 N–H and O–H groups in total. The van der Waals surface area contributed by atoms with Crippen molar-refractivity contribution in [1.29, 1.82) is 0 Å². The highest BCUT2D eigenvalue weighted by Crippen LogP contribution is 2.30. The van der Waals surface area contributed by atoms with Crippen LogP contribution < -0.4 is 80.6 Å². The Labute approximate surface area is 838 Å². The Kier molecular flexibility index (Phi) is 42.5. The molecule has 0 aliphatic carbocycles. The lowest BCUT2D eigenvalue weighted by molar-refractivity contribution is -0.142. The second kappa shape index (κ2) is 54.3. The number of carboxylic acid groups (broad SMARTS) is 4. The lowest BCUT2D eigenvalue weighted by atomic mass is 9.85. The van der Waals surface area contributed by atoms with Gasteiger partial charge < -0.3 is 121 Å². The monoisotopic (exact) mass is 2040 g/mol. The van der Waals surface area contributed by atoms with Crippen molar-refractivity contribution in [3.8, 4) is 0 Å². The molecule has 0 saturated carbocycles. The molecule has 13 atom stereocenters. The molecule has 4 aliphatic rings. The van der Waals surface area contributed by atoms with Gasteiger partial charge in [0.1, 0.15) is 72.5 Å². The van der Waals surface area contributed by atoms with Crippen molar-refractivity contribution >= 4 is 167 Å². The molecule has 782 valence electrons. The first-order valence-electron chi connectivity index (χ1n) is 48.0. The van der Waals surface area contributed by atoms with Crippen molar-refractivity contribution in [3.63, 3.8) is 0 Å². The van der Waals surface area contributed by atoms with E-state index in [1.807, 2.05) is 6.07 Å². The number of primary amides is 2. The van der Waals surface area contributed by atoms with E-state index in [0.29, 0.717) is 65.3 Å². The van der Waals surface area contributed by atoms with Gasteiger partial charge in [-0.25, -0.2) is 0 Å². The SMILES string of the molecule is CC(=O)N[C@@H](Cc1c[nH]c2ccccc12)C(=O)N[C@H](C(=O)N[C@H](C(=O)N[C@H]1CSSC[C@@H](C(=O)N[C@@H](Cc2c[nH]c3ccccc23)C(=O)N2CCC[C@H]2C(N)=O)NC(=O)[C@H](CC(=O)O)NC(=O)[C@H](CCCCNC(=O)CN2CCN(CC(=O)O)CCN(CC(=O)O)CCN(CC(=O)O)CC2)NC(=O)[C@H](Cc2ccc3ccccc3c2)NC(=O)[C@H](CC(N)=O)NC(=O)[C@H](CC2CCNCC2)NC1=O)C(C)(C)C)[C@@H](C)O. The maximum absolute atomic E-state index is 15.8. The second-order valence-corrected chi connectivity index (χ2v) is 40.3. The summed E-state index contributed by atoms with van der Waals surface area (Å²) in [6, 6.07) is 5.69. The van der Waals surface area contributed by atoms with E-state index in [4.69, 9.17) is 11.5 Å². The van der Waals surface area contributed by atoms with Gasteiger partial charge in [-0.3, -0.25) is 111 Å². The highest BCUT2D eigenvalue weighted by atomic mass is 33.1. The fourth-order valence-corrected chi connectivity index (χ4v) is 20.2. The number of para-hydroxylation sites is 2. The van der Waals surface area contributed by atoms with Crippen LogP contribution in [0.25, 0.3) is 32.6 Å². The van der Waals surface area contributed by atoms with E-state index >= 15 is 43.2 Å². The number of benzene rings is 4. The zero-order valence-electron chi connectivity index (χ0n) is 81.0. The van der Waals surface area contributed by atoms with E-state index in [1.165, 1.54) is 18.7 Å². The maximum Gasteiger partial charge on any atom is 0.317 e. The van der Waals surface area contributed by atoms with Crippen LogP contribution in [-0.4, -0.2) is 367 Å². The summed E-state index contributed by atoms with van der Waals surface area (Å²) < 4.78 is 0. The standard InChI is InChI=1S/C96H132N22O24S2/c1-54(119)82(112-90(137)69(103-55(2)120)42-60-46-101-64-19-10-8-17-62(60)64)93(140)113-83(96(3,4)5)94(141)111-74-53-144-143-52-73(92(139)109-72(95(142)118-30-14-22-75(118)84(98)131)43-61-47-102-65-20-11-9-18-63(61)65)110-89(136)71(45-78(123)124)108-85(132)66(21-12-13-27-100-77(122)48-114-31-33-115(49-79(125)126)35-37-117(51-81(129)130)38-36-116(34-32-114)50-80(127)128)104-86(133)68(41-57-23-24-58-15-6-7-16-59(58)39-57)105-88(135)70(44-76(97)121)107-87(134)67(106-91(74)138)40-56-25-28-99-29-26-56/h6-11,15-20,23-24,39,46-47,54,56,66-75,82-83,99,101-102,119H,12-14,21-22,25-38,40-45,48-53H2,1-5H3,(H2,97,121)(H2,98,131)(H,100,122)(H,103,120)(H,104,133)(H,105,135)(H,106,138)(H,107,134)(H,108,132)(H,109,139)(H,110,136)(H,111,141)(H,112,137)(H,113,140)(H,123,124)(H,125,126)(H,127,128)(H,129,130)/t54-,66+,67+,68+,69+,70+,71+,72+,73+,74+,75+,82+,83-/m1/s1. The zero-order valence-corrected chi connectivity index (χ0v) is 82.7. The number of aromatic nitrogens is 2. The summed E-state index contributed by atoms with van der Waals surface area (Å²) in [5.74, 6) is -22.0. The number of rotatable bonds is 37. The third-order valence-corrected chi connectivity index (χ3v) is 27.9. The van der Waals surface area contributed by atoms with Gasteiger partial charge >= 0.3 is 23.9 Å². The van der Waals surface area contributed by atoms with Gasteiger partial charge in [0.2, 0.25) is 88.6 Å². The van der Waals surface area contributed by atoms with E-state index in [-0.39, 0.29) is 116 Å². The number of nitrogens with two attached hydrogens (primary N) is 2. The summed E-state index contributed by atoms with van der Waals surface area (Å²) in [5, 5.41) is 89.1. The average molecular weight is 2040 g/mol. The van der Waals surface area contributed by atoms with Crippen LogP contribution in [0.5, 0.6) is 0 Å². The summed E-state index contributed by atoms with van der Waals surface area (Å²) in [6.07, 6.45) is -0.621. The van der Waals surface area contributed by atoms with Crippen LogP contribution in [-0.2, 0) is 110 Å². The maximum atomic E-state index is 15.8. The number of carbonyl (C=O) groups excluding carboxylic acids is 15. The number of H-pyrrole nitrogens is 2. The number of aliphatic hydroxyl groups excluding tert-OH is 1. The first-order chi connectivity index (χ1) is 68.5. The number of aliphatic carboxylic acids is 4. The molecule has 2 aromatic heterocycles. The average Bonchev–Trinajstić information content (AvgIpc) is 1.79. The molecule has 15 amide bonds. The number of fused-ring (bicyclic) bond motifs is 3. The molecule has 4 fully saturated rings. The van der Waals surface area contributed by atoms with Gasteiger partial charge in [0.15, 0.2) is 0 Å². The summed E-state index contributed by atoms with van der Waals surface area (Å²) in [7, 11) is 1.53. The number of unbranched alkanes of at least 4 members (excludes halogenated alkanes) is 1. The normalized spacial score (nSPS) is 21.6. The van der Waals surface area contributed by atoms with Gasteiger partial charge in [0, 0.05) is 137 Å². The van der Waals surface area contributed by atoms with Gasteiger partial charge in [-0.1, -0.05) is 121 Å². The van der Waals surface area contributed by atoms with Crippen LogP contribution >= 0.6 is 21.6 Å². The summed E-state index contributed by atoms with van der Waals surface area (Å²) in [6.45, 7) is 7.05. The van der Waals surface area contributed by atoms with E-state index in [1.54, 1.807) is 138 Å². The fourth-order valence-electron chi connectivity index (χ4n) is 17.8. The van der Waals surface area contributed by atoms with Gasteiger partial charge in [0.05, 0.1) is 45.1 Å². The first-order valence-corrected chi connectivity index (χ1v) is 50.4. The number of nitrogens with one attached hydrogen (secondary N) is 15. The van der Waals surface area contributed by atoms with Crippen LogP contribution in [0.15, 0.2) is 103 Å². The molecule has 48 heteroatoms. The highest BCUT2D eigenvalue weighted by molar-refractivity contribution is 8.76.